The Labute approximate surface area is 109 Å². The molecular weight excluding hydrogens is 248 g/mol. The maximum Gasteiger partial charge on any atom is 0.342 e. The van der Waals surface area contributed by atoms with Crippen LogP contribution in [0.5, 0.6) is 17.2 Å². The average molecular weight is 260 g/mol. The quantitative estimate of drug-likeness (QED) is 0.581. The molecule has 5 nitrogen and oxygen atoms in total. The van der Waals surface area contributed by atoms with Gasteiger partial charge in [0.25, 0.3) is 0 Å². The van der Waals surface area contributed by atoms with E-state index in [9.17, 15) is 15.0 Å². The summed E-state index contributed by atoms with van der Waals surface area (Å²) in [5, 5.41) is 27.9. The summed E-state index contributed by atoms with van der Waals surface area (Å²) in [6.07, 6.45) is 0. The standard InChI is InChI=1S/C14H12O5/c15-10-3-1-9(2-4-10)8-19-14(18)12-7-11(16)5-6-13(12)17/h1-7,15-17H,8H2. The van der Waals surface area contributed by atoms with E-state index in [1.807, 2.05) is 0 Å². The van der Waals surface area contributed by atoms with Crippen molar-refractivity contribution in [3.05, 3.63) is 53.6 Å². The van der Waals surface area contributed by atoms with Crippen molar-refractivity contribution in [2.24, 2.45) is 0 Å². The van der Waals surface area contributed by atoms with E-state index < -0.39 is 5.97 Å². The fraction of sp³-hybridized carbons (Fsp3) is 0.0714. The molecule has 3 N–H and O–H groups in total. The van der Waals surface area contributed by atoms with Gasteiger partial charge >= 0.3 is 5.97 Å². The fourth-order valence-corrected chi connectivity index (χ4v) is 1.51. The lowest BCUT2D eigenvalue weighted by molar-refractivity contribution is 0.0469. The third-order valence-corrected chi connectivity index (χ3v) is 2.51. The summed E-state index contributed by atoms with van der Waals surface area (Å²) in [5.74, 6) is -0.995. The van der Waals surface area contributed by atoms with Crippen molar-refractivity contribution in [3.8, 4) is 17.2 Å². The van der Waals surface area contributed by atoms with E-state index in [0.29, 0.717) is 5.56 Å². The maximum atomic E-state index is 11.7. The molecule has 0 atom stereocenters. The molecule has 19 heavy (non-hydrogen) atoms. The van der Waals surface area contributed by atoms with E-state index in [4.69, 9.17) is 9.84 Å². The van der Waals surface area contributed by atoms with Crippen molar-refractivity contribution in [1.29, 1.82) is 0 Å². The van der Waals surface area contributed by atoms with Crippen LogP contribution in [0.4, 0.5) is 0 Å². The number of phenolic OH excluding ortho intramolecular Hbond substituents is 3. The maximum absolute atomic E-state index is 11.7. The number of aromatic hydroxyl groups is 3. The molecular formula is C14H12O5. The van der Waals surface area contributed by atoms with Gasteiger partial charge in [-0.3, -0.25) is 0 Å². The summed E-state index contributed by atoms with van der Waals surface area (Å²) in [6.45, 7) is 0.00814. The highest BCUT2D eigenvalue weighted by atomic mass is 16.5. The lowest BCUT2D eigenvalue weighted by Gasteiger charge is -2.07. The number of phenols is 3. The Morgan fingerprint density at radius 1 is 0.947 bits per heavy atom. The minimum atomic E-state index is -0.735. The second-order valence-corrected chi connectivity index (χ2v) is 3.94. The van der Waals surface area contributed by atoms with Crippen LogP contribution in [0.2, 0.25) is 0 Å². The zero-order valence-electron chi connectivity index (χ0n) is 9.91. The molecule has 0 aliphatic carbocycles. The van der Waals surface area contributed by atoms with Gasteiger partial charge in [0.1, 0.15) is 29.4 Å². The third kappa shape index (κ3) is 3.16. The minimum absolute atomic E-state index is 0.00814. The summed E-state index contributed by atoms with van der Waals surface area (Å²) in [7, 11) is 0. The van der Waals surface area contributed by atoms with Crippen LogP contribution >= 0.6 is 0 Å². The van der Waals surface area contributed by atoms with Gasteiger partial charge in [-0.2, -0.15) is 0 Å². The first-order chi connectivity index (χ1) is 9.06. The van der Waals surface area contributed by atoms with E-state index in [0.717, 1.165) is 6.07 Å². The Morgan fingerprint density at radius 2 is 1.58 bits per heavy atom. The van der Waals surface area contributed by atoms with Crippen LogP contribution in [0.25, 0.3) is 0 Å². The van der Waals surface area contributed by atoms with E-state index in [1.165, 1.54) is 24.3 Å². The predicted octanol–water partition coefficient (Wildman–Crippen LogP) is 2.16. The lowest BCUT2D eigenvalue weighted by Crippen LogP contribution is -2.05. The van der Waals surface area contributed by atoms with E-state index in [2.05, 4.69) is 0 Å². The molecule has 98 valence electrons. The summed E-state index contributed by atoms with van der Waals surface area (Å²) in [5.41, 5.74) is 0.601. The Kier molecular flexibility index (Phi) is 3.56. The van der Waals surface area contributed by atoms with Crippen LogP contribution < -0.4 is 0 Å². The zero-order chi connectivity index (χ0) is 13.8. The molecule has 2 aromatic rings. The van der Waals surface area contributed by atoms with E-state index in [1.54, 1.807) is 12.1 Å². The van der Waals surface area contributed by atoms with Gasteiger partial charge in [0.2, 0.25) is 0 Å². The molecule has 0 amide bonds. The zero-order valence-corrected chi connectivity index (χ0v) is 9.91. The van der Waals surface area contributed by atoms with Crippen molar-refractivity contribution in [2.75, 3.05) is 0 Å². The van der Waals surface area contributed by atoms with Crippen molar-refractivity contribution in [1.82, 2.24) is 0 Å². The summed E-state index contributed by atoms with van der Waals surface area (Å²) < 4.78 is 5.00. The van der Waals surface area contributed by atoms with Crippen LogP contribution in [0.15, 0.2) is 42.5 Å². The van der Waals surface area contributed by atoms with E-state index >= 15 is 0 Å². The SMILES string of the molecule is O=C(OCc1ccc(O)cc1)c1cc(O)ccc1O. The molecule has 0 unspecified atom stereocenters. The van der Waals surface area contributed by atoms with Gasteiger partial charge in [0.05, 0.1) is 0 Å². The number of benzene rings is 2. The van der Waals surface area contributed by atoms with Crippen LogP contribution in [-0.2, 0) is 11.3 Å². The Bertz CT molecular complexity index is 589. The highest BCUT2D eigenvalue weighted by Crippen LogP contribution is 2.23. The van der Waals surface area contributed by atoms with Crippen LogP contribution in [0.1, 0.15) is 15.9 Å². The van der Waals surface area contributed by atoms with Gasteiger partial charge in [0, 0.05) is 0 Å². The molecule has 0 bridgehead atoms. The van der Waals surface area contributed by atoms with Crippen LogP contribution in [0.3, 0.4) is 0 Å². The lowest BCUT2D eigenvalue weighted by atomic mass is 10.2. The fourth-order valence-electron chi connectivity index (χ4n) is 1.51. The largest absolute Gasteiger partial charge is 0.508 e. The van der Waals surface area contributed by atoms with Crippen LogP contribution in [0, 0.1) is 0 Å². The summed E-state index contributed by atoms with van der Waals surface area (Å²) >= 11 is 0. The first-order valence-corrected chi connectivity index (χ1v) is 5.53. The third-order valence-electron chi connectivity index (χ3n) is 2.51. The molecule has 0 spiro atoms. The molecule has 0 radical (unpaired) electrons. The topological polar surface area (TPSA) is 87.0 Å². The van der Waals surface area contributed by atoms with Crippen molar-refractivity contribution >= 4 is 5.97 Å². The number of esters is 1. The molecule has 0 heterocycles. The Morgan fingerprint density at radius 3 is 2.26 bits per heavy atom. The number of hydrogen-bond donors (Lipinski definition) is 3. The van der Waals surface area contributed by atoms with Crippen LogP contribution in [-0.4, -0.2) is 21.3 Å². The molecule has 0 aliphatic heterocycles. The predicted molar refractivity (Wildman–Crippen MR) is 67.0 cm³/mol. The van der Waals surface area contributed by atoms with E-state index in [-0.39, 0.29) is 29.4 Å². The number of carbonyl (C=O) groups excluding carboxylic acids is 1. The van der Waals surface area contributed by atoms with Gasteiger partial charge in [-0.15, -0.1) is 0 Å². The molecule has 0 aliphatic rings. The molecule has 0 saturated heterocycles. The molecule has 5 heteroatoms. The van der Waals surface area contributed by atoms with Crippen molar-refractivity contribution in [2.45, 2.75) is 6.61 Å². The normalized spacial score (nSPS) is 10.1. The van der Waals surface area contributed by atoms with Gasteiger partial charge in [-0.25, -0.2) is 4.79 Å². The van der Waals surface area contributed by atoms with Gasteiger partial charge in [-0.1, -0.05) is 12.1 Å². The Hall–Kier alpha value is -2.69. The second-order valence-electron chi connectivity index (χ2n) is 3.94. The first kappa shape index (κ1) is 12.8. The average Bonchev–Trinajstić information content (AvgIpc) is 2.40. The molecule has 0 fully saturated rings. The Balaban J connectivity index is 2.05. The smallest absolute Gasteiger partial charge is 0.342 e. The highest BCUT2D eigenvalue weighted by molar-refractivity contribution is 5.92. The molecule has 2 aromatic carbocycles. The minimum Gasteiger partial charge on any atom is -0.508 e. The first-order valence-electron chi connectivity index (χ1n) is 5.53. The molecule has 0 aromatic heterocycles. The van der Waals surface area contributed by atoms with Gasteiger partial charge in [-0.05, 0) is 35.9 Å². The number of hydrogen-bond acceptors (Lipinski definition) is 5. The number of carbonyl (C=O) groups is 1. The molecule has 2 rings (SSSR count). The second kappa shape index (κ2) is 5.30. The van der Waals surface area contributed by atoms with Crippen molar-refractivity contribution in [3.63, 3.8) is 0 Å². The highest BCUT2D eigenvalue weighted by Gasteiger charge is 2.13. The molecule has 0 saturated carbocycles. The monoisotopic (exact) mass is 260 g/mol. The number of ether oxygens (including phenoxy) is 1. The summed E-state index contributed by atoms with van der Waals surface area (Å²) in [4.78, 5) is 11.7. The van der Waals surface area contributed by atoms with Crippen molar-refractivity contribution < 1.29 is 24.9 Å². The summed E-state index contributed by atoms with van der Waals surface area (Å²) in [6, 6.07) is 9.81. The number of rotatable bonds is 3. The van der Waals surface area contributed by atoms with Gasteiger partial charge < -0.3 is 20.1 Å². The van der Waals surface area contributed by atoms with Gasteiger partial charge in [0.15, 0.2) is 0 Å².